The van der Waals surface area contributed by atoms with Crippen LogP contribution in [0.2, 0.25) is 0 Å². The molecule has 1 aromatic carbocycles. The van der Waals surface area contributed by atoms with Crippen molar-refractivity contribution in [3.63, 3.8) is 0 Å². The van der Waals surface area contributed by atoms with E-state index in [1.807, 2.05) is 12.1 Å². The zero-order chi connectivity index (χ0) is 18.7. The Balaban J connectivity index is 1.47. The fraction of sp³-hybridized carbons (Fsp3) is 0.500. The van der Waals surface area contributed by atoms with Gasteiger partial charge in [0.15, 0.2) is 11.6 Å². The summed E-state index contributed by atoms with van der Waals surface area (Å²) in [6.07, 6.45) is 3.29. The topological polar surface area (TPSA) is 90.9 Å². The van der Waals surface area contributed by atoms with Crippen LogP contribution in [0.4, 0.5) is 17.5 Å². The summed E-state index contributed by atoms with van der Waals surface area (Å²) in [6, 6.07) is 5.49. The molecule has 0 radical (unpaired) electrons. The van der Waals surface area contributed by atoms with Crippen molar-refractivity contribution in [1.82, 2.24) is 15.2 Å². The van der Waals surface area contributed by atoms with Gasteiger partial charge in [0.25, 0.3) is 0 Å². The Kier molecular flexibility index (Phi) is 4.95. The first-order valence-electron chi connectivity index (χ1n) is 8.93. The van der Waals surface area contributed by atoms with Gasteiger partial charge in [-0.1, -0.05) is 0 Å². The van der Waals surface area contributed by atoms with Crippen LogP contribution in [-0.2, 0) is 9.47 Å². The third-order valence-corrected chi connectivity index (χ3v) is 4.86. The summed E-state index contributed by atoms with van der Waals surface area (Å²) in [5, 5.41) is 11.3. The zero-order valence-corrected chi connectivity index (χ0v) is 15.5. The van der Waals surface area contributed by atoms with Gasteiger partial charge in [-0.05, 0) is 12.1 Å². The highest BCUT2D eigenvalue weighted by Crippen LogP contribution is 2.33. The number of ether oxygens (including phenoxy) is 4. The van der Waals surface area contributed by atoms with Crippen molar-refractivity contribution < 1.29 is 18.9 Å². The fourth-order valence-corrected chi connectivity index (χ4v) is 3.38. The standard InChI is InChI=1S/C18H23N5O4/c1-24-13-3-4-14(15(11-13)25-2)20-17-21-16(12-19-22-17)23-7-5-18(6-8-23)26-9-10-27-18/h3-4,11-12H,5-10H2,1-2H3,(H,20,21,22). The molecular formula is C18H23N5O4. The van der Waals surface area contributed by atoms with Crippen LogP contribution in [0.25, 0.3) is 0 Å². The maximum absolute atomic E-state index is 5.78. The van der Waals surface area contributed by atoms with E-state index in [1.54, 1.807) is 26.5 Å². The van der Waals surface area contributed by atoms with E-state index in [-0.39, 0.29) is 0 Å². The molecule has 2 fully saturated rings. The minimum absolute atomic E-state index is 0.407. The molecule has 2 aliphatic rings. The van der Waals surface area contributed by atoms with E-state index < -0.39 is 5.79 Å². The quantitative estimate of drug-likeness (QED) is 0.844. The number of hydrogen-bond acceptors (Lipinski definition) is 9. The van der Waals surface area contributed by atoms with Gasteiger partial charge in [0.1, 0.15) is 11.5 Å². The van der Waals surface area contributed by atoms with E-state index in [0.29, 0.717) is 30.7 Å². The average Bonchev–Trinajstić information content (AvgIpc) is 3.17. The van der Waals surface area contributed by atoms with E-state index in [1.165, 1.54) is 0 Å². The van der Waals surface area contributed by atoms with E-state index in [9.17, 15) is 0 Å². The lowest BCUT2D eigenvalue weighted by atomic mass is 10.0. The predicted octanol–water partition coefficient (Wildman–Crippen LogP) is 1.98. The second-order valence-corrected chi connectivity index (χ2v) is 6.42. The summed E-state index contributed by atoms with van der Waals surface area (Å²) < 4.78 is 22.2. The Morgan fingerprint density at radius 1 is 1.11 bits per heavy atom. The molecule has 2 aliphatic heterocycles. The lowest BCUT2D eigenvalue weighted by Crippen LogP contribution is -2.45. The van der Waals surface area contributed by atoms with E-state index in [2.05, 4.69) is 25.4 Å². The van der Waals surface area contributed by atoms with Crippen LogP contribution in [0, 0.1) is 0 Å². The summed E-state index contributed by atoms with van der Waals surface area (Å²) in [5.74, 6) is 2.12. The van der Waals surface area contributed by atoms with Crippen LogP contribution in [0.5, 0.6) is 11.5 Å². The highest BCUT2D eigenvalue weighted by molar-refractivity contribution is 5.64. The summed E-state index contributed by atoms with van der Waals surface area (Å²) in [4.78, 5) is 6.77. The summed E-state index contributed by atoms with van der Waals surface area (Å²) in [5.41, 5.74) is 0.739. The molecule has 4 rings (SSSR count). The van der Waals surface area contributed by atoms with Crippen molar-refractivity contribution in [1.29, 1.82) is 0 Å². The SMILES string of the molecule is COc1ccc(Nc2nncc(N3CCC4(CC3)OCCO4)n2)c(OC)c1. The molecule has 1 aromatic heterocycles. The van der Waals surface area contributed by atoms with Crippen LogP contribution in [0.1, 0.15) is 12.8 Å². The number of benzene rings is 1. The smallest absolute Gasteiger partial charge is 0.249 e. The van der Waals surface area contributed by atoms with Gasteiger partial charge in [-0.15, -0.1) is 5.10 Å². The number of methoxy groups -OCH3 is 2. The second-order valence-electron chi connectivity index (χ2n) is 6.42. The lowest BCUT2D eigenvalue weighted by molar-refractivity contribution is -0.169. The summed E-state index contributed by atoms with van der Waals surface area (Å²) >= 11 is 0. The average molecular weight is 373 g/mol. The first-order chi connectivity index (χ1) is 13.2. The van der Waals surface area contributed by atoms with Crippen LogP contribution < -0.4 is 19.7 Å². The Labute approximate surface area is 157 Å². The predicted molar refractivity (Wildman–Crippen MR) is 98.7 cm³/mol. The van der Waals surface area contributed by atoms with Crippen LogP contribution >= 0.6 is 0 Å². The Bertz CT molecular complexity index is 787. The Morgan fingerprint density at radius 3 is 2.59 bits per heavy atom. The molecule has 27 heavy (non-hydrogen) atoms. The van der Waals surface area contributed by atoms with Crippen LogP contribution in [0.3, 0.4) is 0 Å². The third-order valence-electron chi connectivity index (χ3n) is 4.86. The molecule has 0 bridgehead atoms. The van der Waals surface area contributed by atoms with Crippen molar-refractivity contribution in [2.75, 3.05) is 50.7 Å². The molecule has 2 aromatic rings. The largest absolute Gasteiger partial charge is 0.497 e. The molecule has 1 N–H and O–H groups in total. The van der Waals surface area contributed by atoms with Crippen molar-refractivity contribution in [3.8, 4) is 11.5 Å². The van der Waals surface area contributed by atoms with Gasteiger partial charge in [0.2, 0.25) is 5.95 Å². The maximum Gasteiger partial charge on any atom is 0.249 e. The number of hydrogen-bond donors (Lipinski definition) is 1. The highest BCUT2D eigenvalue weighted by atomic mass is 16.7. The van der Waals surface area contributed by atoms with E-state index in [0.717, 1.165) is 37.4 Å². The van der Waals surface area contributed by atoms with Gasteiger partial charge in [-0.3, -0.25) is 0 Å². The molecule has 9 nitrogen and oxygen atoms in total. The summed E-state index contributed by atoms with van der Waals surface area (Å²) in [6.45, 7) is 2.94. The molecule has 0 atom stereocenters. The fourth-order valence-electron chi connectivity index (χ4n) is 3.38. The van der Waals surface area contributed by atoms with E-state index >= 15 is 0 Å². The maximum atomic E-state index is 5.78. The van der Waals surface area contributed by atoms with Crippen molar-refractivity contribution in [3.05, 3.63) is 24.4 Å². The van der Waals surface area contributed by atoms with Crippen molar-refractivity contribution in [2.24, 2.45) is 0 Å². The first-order valence-corrected chi connectivity index (χ1v) is 8.93. The number of nitrogens with zero attached hydrogens (tertiary/aromatic N) is 4. The minimum atomic E-state index is -0.408. The van der Waals surface area contributed by atoms with Crippen molar-refractivity contribution in [2.45, 2.75) is 18.6 Å². The molecule has 0 unspecified atom stereocenters. The number of piperidine rings is 1. The highest BCUT2D eigenvalue weighted by Gasteiger charge is 2.40. The number of nitrogens with one attached hydrogen (secondary N) is 1. The molecule has 3 heterocycles. The molecule has 2 saturated heterocycles. The molecule has 0 aliphatic carbocycles. The molecule has 9 heteroatoms. The number of rotatable bonds is 5. The Hall–Kier alpha value is -2.65. The first kappa shape index (κ1) is 17.7. The van der Waals surface area contributed by atoms with Gasteiger partial charge >= 0.3 is 0 Å². The van der Waals surface area contributed by atoms with Gasteiger partial charge in [-0.25, -0.2) is 0 Å². The van der Waals surface area contributed by atoms with Crippen molar-refractivity contribution >= 4 is 17.5 Å². The van der Waals surface area contributed by atoms with Gasteiger partial charge < -0.3 is 29.2 Å². The molecule has 0 saturated carbocycles. The zero-order valence-electron chi connectivity index (χ0n) is 15.5. The molecule has 1 spiro atoms. The molecule has 144 valence electrons. The van der Waals surface area contributed by atoms with Crippen LogP contribution in [0.15, 0.2) is 24.4 Å². The molecular weight excluding hydrogens is 350 g/mol. The number of aromatic nitrogens is 3. The van der Waals surface area contributed by atoms with Gasteiger partial charge in [-0.2, -0.15) is 10.1 Å². The normalized spacial score (nSPS) is 18.5. The number of anilines is 3. The summed E-state index contributed by atoms with van der Waals surface area (Å²) in [7, 11) is 3.22. The van der Waals surface area contributed by atoms with Gasteiger partial charge in [0, 0.05) is 32.0 Å². The second kappa shape index (κ2) is 7.53. The van der Waals surface area contributed by atoms with Gasteiger partial charge in [0.05, 0.1) is 39.3 Å². The monoisotopic (exact) mass is 373 g/mol. The Morgan fingerprint density at radius 2 is 1.89 bits per heavy atom. The van der Waals surface area contributed by atoms with Crippen LogP contribution in [-0.4, -0.2) is 61.5 Å². The minimum Gasteiger partial charge on any atom is -0.497 e. The van der Waals surface area contributed by atoms with E-state index in [4.69, 9.17) is 18.9 Å². The third kappa shape index (κ3) is 3.74. The molecule has 0 amide bonds. The lowest BCUT2D eigenvalue weighted by Gasteiger charge is -2.37.